The quantitative estimate of drug-likeness (QED) is 0.318. The molecule has 0 bridgehead atoms. The second kappa shape index (κ2) is 12.2. The van der Waals surface area contributed by atoms with Crippen LogP contribution in [0.1, 0.15) is 66.2 Å². The van der Waals surface area contributed by atoms with Gasteiger partial charge in [0.2, 0.25) is 5.75 Å². The molecule has 0 radical (unpaired) electrons. The summed E-state index contributed by atoms with van der Waals surface area (Å²) in [6, 6.07) is 5.90. The number of hydrogen-bond donors (Lipinski definition) is 2. The lowest BCUT2D eigenvalue weighted by atomic mass is 10.1. The van der Waals surface area contributed by atoms with Gasteiger partial charge in [-0.2, -0.15) is 0 Å². The molecule has 2 N–H and O–H groups in total. The largest absolute Gasteiger partial charge is 0.485 e. The third kappa shape index (κ3) is 7.15. The van der Waals surface area contributed by atoms with E-state index >= 15 is 0 Å². The molecular weight excluding hydrogens is 364 g/mol. The van der Waals surface area contributed by atoms with Crippen molar-refractivity contribution in [2.45, 2.75) is 66.2 Å². The van der Waals surface area contributed by atoms with Gasteiger partial charge in [0, 0.05) is 17.6 Å². The molecule has 0 fully saturated rings. The smallest absolute Gasteiger partial charge is 0.294 e. The number of rotatable bonds is 13. The molecular formula is C24H36N2O3. The average molecular weight is 401 g/mol. The van der Waals surface area contributed by atoms with Gasteiger partial charge in [0.15, 0.2) is 5.75 Å². The first-order chi connectivity index (χ1) is 14.1. The minimum atomic E-state index is -0.246. The number of nitrogens with one attached hydrogen (secondary N) is 2. The van der Waals surface area contributed by atoms with Crippen LogP contribution in [0.15, 0.2) is 34.6 Å². The maximum absolute atomic E-state index is 12.7. The van der Waals surface area contributed by atoms with Gasteiger partial charge < -0.3 is 19.8 Å². The zero-order valence-electron chi connectivity index (χ0n) is 18.4. The monoisotopic (exact) mass is 400 g/mol. The minimum Gasteiger partial charge on any atom is -0.485 e. The molecule has 2 rings (SSSR count). The van der Waals surface area contributed by atoms with Crippen molar-refractivity contribution in [2.75, 3.05) is 25.1 Å². The maximum Gasteiger partial charge on any atom is 0.294 e. The number of unbranched alkanes of at least 4 members (excludes halogenated alkanes) is 5. The zero-order valence-corrected chi connectivity index (χ0v) is 18.4. The number of ether oxygens (including phenoxy) is 2. The highest BCUT2D eigenvalue weighted by atomic mass is 16.5. The Morgan fingerprint density at radius 1 is 1.03 bits per heavy atom. The number of allylic oxidation sites excluding steroid dienone is 1. The highest BCUT2D eigenvalue weighted by Crippen LogP contribution is 2.33. The van der Waals surface area contributed by atoms with E-state index in [1.165, 1.54) is 31.3 Å². The fraction of sp³-hybridized carbons (Fsp3) is 0.542. The Labute approximate surface area is 174 Å². The van der Waals surface area contributed by atoms with Gasteiger partial charge >= 0.3 is 0 Å². The Bertz CT molecular complexity index is 851. The molecule has 0 amide bonds. The normalized spacial score (nSPS) is 10.8. The van der Waals surface area contributed by atoms with Crippen LogP contribution in [-0.2, 0) is 0 Å². The van der Waals surface area contributed by atoms with Crippen LogP contribution in [0.5, 0.6) is 11.5 Å². The summed E-state index contributed by atoms with van der Waals surface area (Å²) in [7, 11) is 0. The number of benzene rings is 1. The SMILES string of the molecule is CCCCCCCCOc1c(OCC=C(C)C)c2ccc(NCC)cc2[nH]c1=O. The Morgan fingerprint density at radius 2 is 1.79 bits per heavy atom. The van der Waals surface area contributed by atoms with E-state index in [1.54, 1.807) is 0 Å². The van der Waals surface area contributed by atoms with Crippen molar-refractivity contribution < 1.29 is 9.47 Å². The van der Waals surface area contributed by atoms with Crippen molar-refractivity contribution >= 4 is 16.6 Å². The van der Waals surface area contributed by atoms with Crippen LogP contribution < -0.4 is 20.3 Å². The lowest BCUT2D eigenvalue weighted by Gasteiger charge is -2.15. The van der Waals surface area contributed by atoms with E-state index in [1.807, 2.05) is 45.0 Å². The Balaban J connectivity index is 2.21. The highest BCUT2D eigenvalue weighted by molar-refractivity contribution is 5.89. The maximum atomic E-state index is 12.7. The minimum absolute atomic E-state index is 0.246. The van der Waals surface area contributed by atoms with Gasteiger partial charge in [-0.15, -0.1) is 0 Å². The first-order valence-corrected chi connectivity index (χ1v) is 10.9. The fourth-order valence-electron chi connectivity index (χ4n) is 3.19. The molecule has 5 heteroatoms. The summed E-state index contributed by atoms with van der Waals surface area (Å²) in [6.45, 7) is 10.1. The third-order valence-electron chi connectivity index (χ3n) is 4.77. The highest BCUT2D eigenvalue weighted by Gasteiger charge is 2.16. The summed E-state index contributed by atoms with van der Waals surface area (Å²) in [6.07, 6.45) is 9.05. The summed E-state index contributed by atoms with van der Waals surface area (Å²) in [5.41, 5.74) is 2.63. The lowest BCUT2D eigenvalue weighted by Crippen LogP contribution is -2.15. The van der Waals surface area contributed by atoms with Gasteiger partial charge in [-0.05, 0) is 51.5 Å². The number of pyridine rings is 1. The van der Waals surface area contributed by atoms with Crippen LogP contribution in [0.2, 0.25) is 0 Å². The molecule has 1 aromatic carbocycles. The zero-order chi connectivity index (χ0) is 21.1. The fourth-order valence-corrected chi connectivity index (χ4v) is 3.19. The second-order valence-electron chi connectivity index (χ2n) is 7.61. The van der Waals surface area contributed by atoms with Gasteiger partial charge in [0.05, 0.1) is 12.1 Å². The standard InChI is InChI=1S/C24H36N2O3/c1-5-7-8-9-10-11-15-28-23-22(29-16-14-18(3)4)20-13-12-19(25-6-2)17-21(20)26-24(23)27/h12-14,17,25H,5-11,15-16H2,1-4H3,(H,26,27). The van der Waals surface area contributed by atoms with Crippen molar-refractivity contribution in [2.24, 2.45) is 0 Å². The van der Waals surface area contributed by atoms with E-state index in [9.17, 15) is 4.79 Å². The molecule has 0 spiro atoms. The molecule has 5 nitrogen and oxygen atoms in total. The first kappa shape index (κ1) is 22.9. The number of anilines is 1. The van der Waals surface area contributed by atoms with Crippen LogP contribution in [-0.4, -0.2) is 24.7 Å². The molecule has 0 aliphatic heterocycles. The summed E-state index contributed by atoms with van der Waals surface area (Å²) in [5.74, 6) is 0.805. The van der Waals surface area contributed by atoms with Crippen LogP contribution >= 0.6 is 0 Å². The summed E-state index contributed by atoms with van der Waals surface area (Å²) < 4.78 is 11.9. The molecule has 0 saturated heterocycles. The Hall–Kier alpha value is -2.43. The van der Waals surface area contributed by atoms with Crippen molar-refractivity contribution in [3.63, 3.8) is 0 Å². The summed E-state index contributed by atoms with van der Waals surface area (Å²) >= 11 is 0. The predicted octanol–water partition coefficient (Wildman–Crippen LogP) is 6.04. The lowest BCUT2D eigenvalue weighted by molar-refractivity contribution is 0.274. The number of fused-ring (bicyclic) bond motifs is 1. The topological polar surface area (TPSA) is 63.4 Å². The number of aromatic nitrogens is 1. The third-order valence-corrected chi connectivity index (χ3v) is 4.77. The van der Waals surface area contributed by atoms with E-state index in [4.69, 9.17) is 9.47 Å². The average Bonchev–Trinajstić information content (AvgIpc) is 2.68. The van der Waals surface area contributed by atoms with Crippen LogP contribution in [0.25, 0.3) is 10.9 Å². The molecule has 0 saturated carbocycles. The molecule has 0 aliphatic rings. The molecule has 29 heavy (non-hydrogen) atoms. The van der Waals surface area contributed by atoms with Crippen molar-refractivity contribution in [1.29, 1.82) is 0 Å². The van der Waals surface area contributed by atoms with Crippen molar-refractivity contribution in [3.05, 3.63) is 40.2 Å². The first-order valence-electron chi connectivity index (χ1n) is 10.9. The van der Waals surface area contributed by atoms with Gasteiger partial charge in [-0.1, -0.05) is 44.6 Å². The molecule has 1 aromatic heterocycles. The predicted molar refractivity (Wildman–Crippen MR) is 123 cm³/mol. The van der Waals surface area contributed by atoms with Gasteiger partial charge in [0.25, 0.3) is 5.56 Å². The van der Waals surface area contributed by atoms with Gasteiger partial charge in [-0.3, -0.25) is 4.79 Å². The molecule has 2 aromatic rings. The number of hydrogen-bond acceptors (Lipinski definition) is 4. The summed E-state index contributed by atoms with van der Waals surface area (Å²) in [4.78, 5) is 15.7. The number of aromatic amines is 1. The van der Waals surface area contributed by atoms with E-state index < -0.39 is 0 Å². The Kier molecular flexibility index (Phi) is 9.62. The summed E-state index contributed by atoms with van der Waals surface area (Å²) in [5, 5.41) is 4.12. The van der Waals surface area contributed by atoms with Crippen LogP contribution in [0.4, 0.5) is 5.69 Å². The van der Waals surface area contributed by atoms with Crippen LogP contribution in [0.3, 0.4) is 0 Å². The van der Waals surface area contributed by atoms with Gasteiger partial charge in [0.1, 0.15) is 6.61 Å². The van der Waals surface area contributed by atoms with E-state index in [2.05, 4.69) is 17.2 Å². The molecule has 0 aliphatic carbocycles. The second-order valence-corrected chi connectivity index (χ2v) is 7.61. The van der Waals surface area contributed by atoms with Gasteiger partial charge in [-0.25, -0.2) is 0 Å². The molecule has 0 unspecified atom stereocenters. The van der Waals surface area contributed by atoms with E-state index in [0.717, 1.165) is 36.0 Å². The molecule has 0 atom stereocenters. The number of H-pyrrole nitrogens is 1. The van der Waals surface area contributed by atoms with E-state index in [0.29, 0.717) is 19.0 Å². The van der Waals surface area contributed by atoms with E-state index in [-0.39, 0.29) is 11.3 Å². The van der Waals surface area contributed by atoms with Crippen LogP contribution in [0, 0.1) is 0 Å². The van der Waals surface area contributed by atoms with Crippen molar-refractivity contribution in [1.82, 2.24) is 4.98 Å². The molecule has 160 valence electrons. The van der Waals surface area contributed by atoms with Crippen molar-refractivity contribution in [3.8, 4) is 11.5 Å². The molecule has 1 heterocycles. The Morgan fingerprint density at radius 3 is 2.52 bits per heavy atom.